The van der Waals surface area contributed by atoms with Crippen LogP contribution < -0.4 is 5.73 Å². The van der Waals surface area contributed by atoms with Crippen LogP contribution in [0, 0.1) is 0 Å². The van der Waals surface area contributed by atoms with Gasteiger partial charge in [-0.3, -0.25) is 9.59 Å². The Morgan fingerprint density at radius 1 is 1.27 bits per heavy atom. The summed E-state index contributed by atoms with van der Waals surface area (Å²) in [5, 5.41) is 9.94. The number of aldehydes is 1. The molecule has 6 nitrogen and oxygen atoms in total. The first-order chi connectivity index (χ1) is 10.5. The lowest BCUT2D eigenvalue weighted by molar-refractivity contribution is -0.120. The number of rotatable bonds is 5. The molecular weight excluding hydrogens is 329 g/mol. The number of hydrogen-bond donors (Lipinski definition) is 2. The molecule has 3 N–H and O–H groups in total. The van der Waals surface area contributed by atoms with Crippen molar-refractivity contribution in [3.63, 3.8) is 0 Å². The van der Waals surface area contributed by atoms with Crippen molar-refractivity contribution in [2.45, 2.75) is 5.92 Å². The summed E-state index contributed by atoms with van der Waals surface area (Å²) in [4.78, 5) is 30.5. The fourth-order valence-electron chi connectivity index (χ4n) is 1.80. The molecule has 0 bridgehead atoms. The number of aromatic nitrogens is 2. The third kappa shape index (κ3) is 3.41. The average Bonchev–Trinajstić information content (AvgIpc) is 2.50. The van der Waals surface area contributed by atoms with Gasteiger partial charge in [-0.2, -0.15) is 0 Å². The minimum absolute atomic E-state index is 0.0272. The first-order valence-corrected chi connectivity index (χ1v) is 6.91. The number of halogens is 2. The summed E-state index contributed by atoms with van der Waals surface area (Å²) in [6.07, 6.45) is 0.516. The first kappa shape index (κ1) is 16.4. The summed E-state index contributed by atoms with van der Waals surface area (Å²) in [6.45, 7) is -0.557. The Hall–Kier alpha value is -2.02. The Balaban J connectivity index is 2.58. The Labute approximate surface area is 135 Å². The molecule has 0 aliphatic rings. The van der Waals surface area contributed by atoms with E-state index in [0.717, 1.165) is 0 Å². The maximum atomic E-state index is 11.3. The molecule has 1 heterocycles. The van der Waals surface area contributed by atoms with Crippen LogP contribution in [0.15, 0.2) is 24.3 Å². The van der Waals surface area contributed by atoms with Gasteiger partial charge in [-0.25, -0.2) is 9.97 Å². The van der Waals surface area contributed by atoms with Crippen molar-refractivity contribution in [1.29, 1.82) is 0 Å². The summed E-state index contributed by atoms with van der Waals surface area (Å²) in [5.41, 5.74) is 6.21. The van der Waals surface area contributed by atoms with Gasteiger partial charge in [0.15, 0.2) is 6.29 Å². The highest BCUT2D eigenvalue weighted by Gasteiger charge is 2.21. The molecule has 0 spiro atoms. The van der Waals surface area contributed by atoms with E-state index >= 15 is 0 Å². The Bertz CT molecular complexity index is 737. The normalized spacial score (nSPS) is 12.0. The minimum Gasteiger partial charge on any atom is -0.395 e. The fraction of sp³-hybridized carbons (Fsp3) is 0.143. The highest BCUT2D eigenvalue weighted by molar-refractivity contribution is 6.42. The lowest BCUT2D eigenvalue weighted by Crippen LogP contribution is -2.26. The van der Waals surface area contributed by atoms with Crippen LogP contribution in [0.2, 0.25) is 10.0 Å². The predicted molar refractivity (Wildman–Crippen MR) is 81.9 cm³/mol. The van der Waals surface area contributed by atoms with E-state index in [1.165, 1.54) is 6.07 Å². The van der Waals surface area contributed by atoms with Crippen molar-refractivity contribution >= 4 is 35.4 Å². The van der Waals surface area contributed by atoms with Gasteiger partial charge in [0.2, 0.25) is 5.91 Å². The topological polar surface area (TPSA) is 106 Å². The van der Waals surface area contributed by atoms with Crippen LogP contribution in [0.1, 0.15) is 22.2 Å². The SMILES string of the molecule is NC(=O)[C@@H](CO)c1nc(C=O)cc(-c2ccc(Cl)c(Cl)c2)n1. The van der Waals surface area contributed by atoms with Gasteiger partial charge in [0, 0.05) is 5.56 Å². The van der Waals surface area contributed by atoms with Crippen molar-refractivity contribution < 1.29 is 14.7 Å². The smallest absolute Gasteiger partial charge is 0.230 e. The molecule has 2 aromatic rings. The van der Waals surface area contributed by atoms with E-state index in [-0.39, 0.29) is 11.5 Å². The van der Waals surface area contributed by atoms with Crippen LogP contribution in [0.3, 0.4) is 0 Å². The number of nitrogens with zero attached hydrogens (tertiary/aromatic N) is 2. The van der Waals surface area contributed by atoms with Crippen LogP contribution in [-0.2, 0) is 4.79 Å². The molecule has 2 rings (SSSR count). The van der Waals surface area contributed by atoms with Gasteiger partial charge in [0.25, 0.3) is 0 Å². The van der Waals surface area contributed by atoms with Crippen LogP contribution in [-0.4, -0.2) is 33.9 Å². The molecule has 0 saturated heterocycles. The van der Waals surface area contributed by atoms with E-state index in [1.807, 2.05) is 0 Å². The molecule has 8 heteroatoms. The number of nitrogens with two attached hydrogens (primary N) is 1. The third-order valence-electron chi connectivity index (χ3n) is 2.94. The molecule has 0 aliphatic carbocycles. The van der Waals surface area contributed by atoms with E-state index in [4.69, 9.17) is 28.9 Å². The second-order valence-electron chi connectivity index (χ2n) is 4.42. The zero-order chi connectivity index (χ0) is 16.3. The lowest BCUT2D eigenvalue weighted by atomic mass is 10.1. The van der Waals surface area contributed by atoms with Crippen molar-refractivity contribution in [2.75, 3.05) is 6.61 Å². The Kier molecular flexibility index (Phi) is 5.07. The van der Waals surface area contributed by atoms with Gasteiger partial charge in [0.05, 0.1) is 22.3 Å². The molecule has 0 unspecified atom stereocenters. The van der Waals surface area contributed by atoms with E-state index in [0.29, 0.717) is 27.6 Å². The van der Waals surface area contributed by atoms with Gasteiger partial charge in [0.1, 0.15) is 17.4 Å². The summed E-state index contributed by atoms with van der Waals surface area (Å²) in [5.74, 6) is -1.91. The van der Waals surface area contributed by atoms with Gasteiger partial charge in [-0.05, 0) is 18.2 Å². The first-order valence-electron chi connectivity index (χ1n) is 6.16. The summed E-state index contributed by atoms with van der Waals surface area (Å²) < 4.78 is 0. The Morgan fingerprint density at radius 3 is 2.55 bits per heavy atom. The lowest BCUT2D eigenvalue weighted by Gasteiger charge is -2.11. The molecule has 0 radical (unpaired) electrons. The largest absolute Gasteiger partial charge is 0.395 e. The molecule has 0 fully saturated rings. The second kappa shape index (κ2) is 6.83. The standard InChI is InChI=1S/C14H11Cl2N3O3/c15-10-2-1-7(3-11(10)16)12-4-8(5-20)18-14(19-12)9(6-21)13(17)22/h1-5,9,21H,6H2,(H2,17,22)/t9-/m1/s1. The zero-order valence-corrected chi connectivity index (χ0v) is 12.7. The average molecular weight is 340 g/mol. The molecule has 1 atom stereocenters. The monoisotopic (exact) mass is 339 g/mol. The maximum absolute atomic E-state index is 11.3. The highest BCUT2D eigenvalue weighted by Crippen LogP contribution is 2.28. The highest BCUT2D eigenvalue weighted by atomic mass is 35.5. The van der Waals surface area contributed by atoms with E-state index < -0.39 is 18.4 Å². The molecule has 114 valence electrons. The number of primary amides is 1. The molecule has 1 amide bonds. The van der Waals surface area contributed by atoms with Crippen molar-refractivity contribution in [3.05, 3.63) is 45.8 Å². The van der Waals surface area contributed by atoms with Crippen LogP contribution in [0.5, 0.6) is 0 Å². The number of benzene rings is 1. The van der Waals surface area contributed by atoms with Gasteiger partial charge in [-0.1, -0.05) is 29.3 Å². The van der Waals surface area contributed by atoms with Crippen molar-refractivity contribution in [3.8, 4) is 11.3 Å². The van der Waals surface area contributed by atoms with Crippen molar-refractivity contribution in [1.82, 2.24) is 9.97 Å². The number of aliphatic hydroxyl groups is 1. The van der Waals surface area contributed by atoms with E-state index in [1.54, 1.807) is 18.2 Å². The van der Waals surface area contributed by atoms with Gasteiger partial charge < -0.3 is 10.8 Å². The van der Waals surface area contributed by atoms with Crippen LogP contribution >= 0.6 is 23.2 Å². The number of aliphatic hydroxyl groups excluding tert-OH is 1. The van der Waals surface area contributed by atoms with Crippen molar-refractivity contribution in [2.24, 2.45) is 5.73 Å². The maximum Gasteiger partial charge on any atom is 0.230 e. The predicted octanol–water partition coefficient (Wildman–Crippen LogP) is 1.82. The zero-order valence-electron chi connectivity index (χ0n) is 11.2. The van der Waals surface area contributed by atoms with E-state index in [9.17, 15) is 14.7 Å². The van der Waals surface area contributed by atoms with Crippen LogP contribution in [0.25, 0.3) is 11.3 Å². The molecule has 1 aromatic heterocycles. The fourth-order valence-corrected chi connectivity index (χ4v) is 2.10. The molecular formula is C14H11Cl2N3O3. The van der Waals surface area contributed by atoms with Crippen LogP contribution in [0.4, 0.5) is 0 Å². The molecule has 0 saturated carbocycles. The molecule has 0 aliphatic heterocycles. The molecule has 22 heavy (non-hydrogen) atoms. The number of carbonyl (C=O) groups excluding carboxylic acids is 2. The summed E-state index contributed by atoms with van der Waals surface area (Å²) >= 11 is 11.8. The number of hydrogen-bond acceptors (Lipinski definition) is 5. The van der Waals surface area contributed by atoms with E-state index in [2.05, 4.69) is 9.97 Å². The number of carbonyl (C=O) groups is 2. The second-order valence-corrected chi connectivity index (χ2v) is 5.23. The van der Waals surface area contributed by atoms with Gasteiger partial charge >= 0.3 is 0 Å². The molecule has 1 aromatic carbocycles. The van der Waals surface area contributed by atoms with Gasteiger partial charge in [-0.15, -0.1) is 0 Å². The Morgan fingerprint density at radius 2 is 2.00 bits per heavy atom. The summed E-state index contributed by atoms with van der Waals surface area (Å²) in [6, 6.07) is 6.25. The number of amides is 1. The summed E-state index contributed by atoms with van der Waals surface area (Å²) in [7, 11) is 0. The minimum atomic E-state index is -1.10. The third-order valence-corrected chi connectivity index (χ3v) is 3.68. The quantitative estimate of drug-likeness (QED) is 0.808.